The smallest absolute Gasteiger partial charge is 0.0166 e. The molecule has 0 aromatic carbocycles. The fraction of sp³-hybridized carbons (Fsp3) is 1.00. The molecule has 1 aliphatic rings. The van der Waals surface area contributed by atoms with Crippen LogP contribution in [0.2, 0.25) is 0 Å². The van der Waals surface area contributed by atoms with Gasteiger partial charge in [-0.3, -0.25) is 0 Å². The molecule has 1 aliphatic carbocycles. The minimum atomic E-state index is 0.196. The molecular formula is C14H30N2. The average Bonchev–Trinajstić information content (AvgIpc) is 2.27. The van der Waals surface area contributed by atoms with Crippen LogP contribution < -0.4 is 5.73 Å². The summed E-state index contributed by atoms with van der Waals surface area (Å²) in [6.07, 6.45) is 7.64. The molecule has 1 fully saturated rings. The molecule has 0 unspecified atom stereocenters. The molecule has 0 aromatic heterocycles. The van der Waals surface area contributed by atoms with E-state index in [0.717, 1.165) is 5.92 Å². The highest BCUT2D eigenvalue weighted by Gasteiger charge is 2.32. The zero-order chi connectivity index (χ0) is 12.0. The van der Waals surface area contributed by atoms with Crippen molar-refractivity contribution in [1.82, 2.24) is 4.90 Å². The third kappa shape index (κ3) is 4.06. The van der Waals surface area contributed by atoms with Crippen molar-refractivity contribution in [3.05, 3.63) is 0 Å². The van der Waals surface area contributed by atoms with Crippen molar-refractivity contribution in [2.75, 3.05) is 19.6 Å². The van der Waals surface area contributed by atoms with Crippen LogP contribution in [0.15, 0.2) is 0 Å². The molecule has 0 bridgehead atoms. The summed E-state index contributed by atoms with van der Waals surface area (Å²) >= 11 is 0. The van der Waals surface area contributed by atoms with Gasteiger partial charge < -0.3 is 10.6 Å². The van der Waals surface area contributed by atoms with Gasteiger partial charge in [-0.25, -0.2) is 0 Å². The molecule has 0 amide bonds. The molecule has 16 heavy (non-hydrogen) atoms. The molecule has 1 rings (SSSR count). The molecule has 2 nitrogen and oxygen atoms in total. The minimum absolute atomic E-state index is 0.196. The van der Waals surface area contributed by atoms with Gasteiger partial charge in [-0.2, -0.15) is 0 Å². The second-order valence-electron chi connectivity index (χ2n) is 5.54. The van der Waals surface area contributed by atoms with Crippen LogP contribution >= 0.6 is 0 Å². The highest BCUT2D eigenvalue weighted by Crippen LogP contribution is 2.32. The summed E-state index contributed by atoms with van der Waals surface area (Å²) in [5.74, 6) is 0.870. The predicted octanol–water partition coefficient (Wildman–Crippen LogP) is 3.02. The van der Waals surface area contributed by atoms with E-state index < -0.39 is 0 Å². The Hall–Kier alpha value is -0.0800. The minimum Gasteiger partial charge on any atom is -0.325 e. The number of nitrogens with zero attached hydrogens (tertiary/aromatic N) is 1. The number of hydrogen-bond acceptors (Lipinski definition) is 2. The molecule has 1 saturated carbocycles. The first-order chi connectivity index (χ1) is 7.63. The maximum atomic E-state index is 6.27. The largest absolute Gasteiger partial charge is 0.325 e. The Bertz CT molecular complexity index is 183. The average molecular weight is 226 g/mol. The zero-order valence-electron chi connectivity index (χ0n) is 11.5. The van der Waals surface area contributed by atoms with Crippen molar-refractivity contribution >= 4 is 0 Å². The fourth-order valence-electron chi connectivity index (χ4n) is 2.55. The summed E-state index contributed by atoms with van der Waals surface area (Å²) in [5, 5.41) is 0. The Labute approximate surface area is 102 Å². The van der Waals surface area contributed by atoms with Crippen molar-refractivity contribution in [2.24, 2.45) is 11.7 Å². The Balaban J connectivity index is 2.25. The number of hydrogen-bond donors (Lipinski definition) is 1. The lowest BCUT2D eigenvalue weighted by molar-refractivity contribution is 0.169. The van der Waals surface area contributed by atoms with Gasteiger partial charge in [-0.15, -0.1) is 0 Å². The molecule has 96 valence electrons. The summed E-state index contributed by atoms with van der Waals surface area (Å²) in [6, 6.07) is 0. The number of rotatable bonds is 8. The fourth-order valence-corrected chi connectivity index (χ4v) is 2.55. The van der Waals surface area contributed by atoms with Crippen LogP contribution in [0.5, 0.6) is 0 Å². The van der Waals surface area contributed by atoms with Gasteiger partial charge in [-0.1, -0.05) is 33.6 Å². The highest BCUT2D eigenvalue weighted by atomic mass is 15.1. The van der Waals surface area contributed by atoms with E-state index in [1.54, 1.807) is 0 Å². The van der Waals surface area contributed by atoms with Crippen molar-refractivity contribution in [3.8, 4) is 0 Å². The summed E-state index contributed by atoms with van der Waals surface area (Å²) in [4.78, 5) is 2.59. The second kappa shape index (κ2) is 6.61. The van der Waals surface area contributed by atoms with Crippen LogP contribution in [0.1, 0.15) is 59.3 Å². The van der Waals surface area contributed by atoms with Gasteiger partial charge in [0.2, 0.25) is 0 Å². The topological polar surface area (TPSA) is 29.3 Å². The quantitative estimate of drug-likeness (QED) is 0.689. The van der Waals surface area contributed by atoms with Crippen molar-refractivity contribution < 1.29 is 0 Å². The van der Waals surface area contributed by atoms with Crippen LogP contribution in [0.4, 0.5) is 0 Å². The molecular weight excluding hydrogens is 196 g/mol. The van der Waals surface area contributed by atoms with Gasteiger partial charge in [0.25, 0.3) is 0 Å². The van der Waals surface area contributed by atoms with Crippen LogP contribution in [-0.4, -0.2) is 30.1 Å². The molecule has 0 aromatic rings. The van der Waals surface area contributed by atoms with Gasteiger partial charge in [0, 0.05) is 12.1 Å². The third-order valence-electron chi connectivity index (χ3n) is 4.39. The maximum Gasteiger partial charge on any atom is 0.0166 e. The lowest BCUT2D eigenvalue weighted by atomic mass is 9.75. The summed E-state index contributed by atoms with van der Waals surface area (Å²) in [5.41, 5.74) is 6.47. The predicted molar refractivity (Wildman–Crippen MR) is 71.6 cm³/mol. The molecule has 0 heterocycles. The first kappa shape index (κ1) is 14.0. The highest BCUT2D eigenvalue weighted by molar-refractivity contribution is 4.93. The van der Waals surface area contributed by atoms with Gasteiger partial charge in [0.05, 0.1) is 0 Å². The normalized spacial score (nSPS) is 19.1. The van der Waals surface area contributed by atoms with Crippen LogP contribution in [-0.2, 0) is 0 Å². The Morgan fingerprint density at radius 2 is 1.81 bits per heavy atom. The Kier molecular flexibility index (Phi) is 5.77. The standard InChI is InChI=1S/C14H30N2/c1-4-13(5-2)12-16(6-3)11-10-14(15)8-7-9-14/h13H,4-12,15H2,1-3H3. The van der Waals surface area contributed by atoms with E-state index in [1.165, 1.54) is 58.2 Å². The van der Waals surface area contributed by atoms with Crippen LogP contribution in [0.3, 0.4) is 0 Å². The summed E-state index contributed by atoms with van der Waals surface area (Å²) in [6.45, 7) is 10.5. The van der Waals surface area contributed by atoms with E-state index in [1.807, 2.05) is 0 Å². The lowest BCUT2D eigenvalue weighted by Gasteiger charge is -2.40. The SMILES string of the molecule is CCC(CC)CN(CC)CCC1(N)CCC1. The van der Waals surface area contributed by atoms with Gasteiger partial charge in [0.1, 0.15) is 0 Å². The molecule has 2 N–H and O–H groups in total. The monoisotopic (exact) mass is 226 g/mol. The van der Waals surface area contributed by atoms with E-state index in [9.17, 15) is 0 Å². The van der Waals surface area contributed by atoms with Crippen molar-refractivity contribution in [1.29, 1.82) is 0 Å². The molecule has 0 atom stereocenters. The second-order valence-corrected chi connectivity index (χ2v) is 5.54. The molecule has 0 radical (unpaired) electrons. The van der Waals surface area contributed by atoms with Crippen LogP contribution in [0, 0.1) is 5.92 Å². The van der Waals surface area contributed by atoms with E-state index in [2.05, 4.69) is 25.7 Å². The van der Waals surface area contributed by atoms with Gasteiger partial charge >= 0.3 is 0 Å². The lowest BCUT2D eigenvalue weighted by Crippen LogP contribution is -2.49. The van der Waals surface area contributed by atoms with E-state index in [4.69, 9.17) is 5.73 Å². The van der Waals surface area contributed by atoms with Crippen LogP contribution in [0.25, 0.3) is 0 Å². The molecule has 0 aliphatic heterocycles. The third-order valence-corrected chi connectivity index (χ3v) is 4.39. The molecule has 0 spiro atoms. The number of nitrogens with two attached hydrogens (primary N) is 1. The molecule has 2 heteroatoms. The first-order valence-electron chi connectivity index (χ1n) is 7.14. The van der Waals surface area contributed by atoms with Gasteiger partial charge in [-0.05, 0) is 44.7 Å². The van der Waals surface area contributed by atoms with E-state index in [-0.39, 0.29) is 5.54 Å². The van der Waals surface area contributed by atoms with E-state index in [0.29, 0.717) is 0 Å². The Morgan fingerprint density at radius 3 is 2.19 bits per heavy atom. The van der Waals surface area contributed by atoms with E-state index >= 15 is 0 Å². The first-order valence-corrected chi connectivity index (χ1v) is 7.14. The van der Waals surface area contributed by atoms with Crippen molar-refractivity contribution in [3.63, 3.8) is 0 Å². The summed E-state index contributed by atoms with van der Waals surface area (Å²) in [7, 11) is 0. The maximum absolute atomic E-state index is 6.27. The zero-order valence-corrected chi connectivity index (χ0v) is 11.5. The Morgan fingerprint density at radius 1 is 1.19 bits per heavy atom. The van der Waals surface area contributed by atoms with Crippen molar-refractivity contribution in [2.45, 2.75) is 64.8 Å². The summed E-state index contributed by atoms with van der Waals surface area (Å²) < 4.78 is 0. The van der Waals surface area contributed by atoms with Gasteiger partial charge in [0.15, 0.2) is 0 Å². The molecule has 0 saturated heterocycles.